The van der Waals surface area contributed by atoms with Crippen molar-refractivity contribution in [1.29, 1.82) is 0 Å². The highest BCUT2D eigenvalue weighted by Gasteiger charge is 2.15. The predicted octanol–water partition coefficient (Wildman–Crippen LogP) is 2.07. The summed E-state index contributed by atoms with van der Waals surface area (Å²) in [5.74, 6) is -0.890. The van der Waals surface area contributed by atoms with Gasteiger partial charge in [0.15, 0.2) is 0 Å². The van der Waals surface area contributed by atoms with Crippen LogP contribution in [0.15, 0.2) is 30.3 Å². The molecule has 1 aromatic rings. The Morgan fingerprint density at radius 2 is 1.89 bits per heavy atom. The second-order valence-electron chi connectivity index (χ2n) is 3.99. The molecule has 1 amide bonds. The van der Waals surface area contributed by atoms with Gasteiger partial charge in [0.1, 0.15) is 0 Å². The molecule has 1 aromatic carbocycles. The number of carboxylic acid groups (broad SMARTS) is 1. The first-order valence-corrected chi connectivity index (χ1v) is 6.74. The molecule has 0 spiro atoms. The van der Waals surface area contributed by atoms with Gasteiger partial charge in [0.2, 0.25) is 5.91 Å². The lowest BCUT2D eigenvalue weighted by Gasteiger charge is -2.14. The quantitative estimate of drug-likeness (QED) is 0.828. The van der Waals surface area contributed by atoms with E-state index < -0.39 is 11.2 Å². The fraction of sp³-hybridized carbons (Fsp3) is 0.385. The summed E-state index contributed by atoms with van der Waals surface area (Å²) >= 11 is 1.12. The molecule has 0 aromatic heterocycles. The highest BCUT2D eigenvalue weighted by atomic mass is 32.2. The van der Waals surface area contributed by atoms with Gasteiger partial charge < -0.3 is 10.4 Å². The first-order chi connectivity index (χ1) is 8.50. The van der Waals surface area contributed by atoms with Gasteiger partial charge in [-0.2, -0.15) is 0 Å². The van der Waals surface area contributed by atoms with E-state index in [1.807, 2.05) is 37.3 Å². The molecule has 0 radical (unpaired) electrons. The molecule has 98 valence electrons. The molecule has 18 heavy (non-hydrogen) atoms. The van der Waals surface area contributed by atoms with E-state index in [0.717, 1.165) is 17.3 Å². The van der Waals surface area contributed by atoms with Gasteiger partial charge in [-0.3, -0.25) is 9.59 Å². The zero-order chi connectivity index (χ0) is 13.5. The van der Waals surface area contributed by atoms with E-state index in [-0.39, 0.29) is 17.7 Å². The molecule has 0 aliphatic rings. The first-order valence-electron chi connectivity index (χ1n) is 5.69. The van der Waals surface area contributed by atoms with Crippen LogP contribution in [-0.4, -0.2) is 28.0 Å². The number of carbonyl (C=O) groups is 2. The summed E-state index contributed by atoms with van der Waals surface area (Å²) in [6, 6.07) is 9.57. The summed E-state index contributed by atoms with van der Waals surface area (Å²) in [6.07, 6.45) is 0. The maximum Gasteiger partial charge on any atom is 0.316 e. The monoisotopic (exact) mass is 267 g/mol. The predicted molar refractivity (Wildman–Crippen MR) is 72.6 cm³/mol. The van der Waals surface area contributed by atoms with Crippen molar-refractivity contribution in [2.75, 3.05) is 5.75 Å². The molecule has 2 unspecified atom stereocenters. The van der Waals surface area contributed by atoms with Crippen LogP contribution in [0.5, 0.6) is 0 Å². The van der Waals surface area contributed by atoms with E-state index in [2.05, 4.69) is 5.32 Å². The lowest BCUT2D eigenvalue weighted by Crippen LogP contribution is -2.29. The van der Waals surface area contributed by atoms with E-state index >= 15 is 0 Å². The summed E-state index contributed by atoms with van der Waals surface area (Å²) < 4.78 is 0. The summed E-state index contributed by atoms with van der Waals surface area (Å²) in [4.78, 5) is 22.2. The van der Waals surface area contributed by atoms with Crippen molar-refractivity contribution < 1.29 is 14.7 Å². The molecular weight excluding hydrogens is 250 g/mol. The minimum atomic E-state index is -0.899. The number of carbonyl (C=O) groups excluding carboxylic acids is 1. The Kier molecular flexibility index (Phi) is 5.71. The highest BCUT2D eigenvalue weighted by molar-refractivity contribution is 8.01. The van der Waals surface area contributed by atoms with E-state index in [1.54, 1.807) is 6.92 Å². The van der Waals surface area contributed by atoms with Crippen LogP contribution in [0.2, 0.25) is 0 Å². The minimum absolute atomic E-state index is 0.0700. The van der Waals surface area contributed by atoms with Crippen LogP contribution < -0.4 is 5.32 Å². The first kappa shape index (κ1) is 14.6. The molecule has 1 rings (SSSR count). The number of hydrogen-bond donors (Lipinski definition) is 2. The third kappa shape index (κ3) is 4.79. The van der Waals surface area contributed by atoms with Crippen molar-refractivity contribution in [2.45, 2.75) is 25.1 Å². The Labute approximate surface area is 111 Å². The molecule has 2 atom stereocenters. The maximum atomic E-state index is 11.6. The van der Waals surface area contributed by atoms with Gasteiger partial charge in [0.05, 0.1) is 17.0 Å². The summed E-state index contributed by atoms with van der Waals surface area (Å²) in [6.45, 7) is 3.47. The van der Waals surface area contributed by atoms with E-state index in [1.165, 1.54) is 0 Å². The lowest BCUT2D eigenvalue weighted by atomic mass is 10.1. The van der Waals surface area contributed by atoms with Crippen molar-refractivity contribution in [1.82, 2.24) is 5.32 Å². The normalized spacial score (nSPS) is 13.7. The number of amides is 1. The number of aliphatic carboxylic acids is 1. The average Bonchev–Trinajstić information content (AvgIpc) is 2.36. The van der Waals surface area contributed by atoms with E-state index in [0.29, 0.717) is 0 Å². The largest absolute Gasteiger partial charge is 0.480 e. The van der Waals surface area contributed by atoms with Crippen molar-refractivity contribution in [2.24, 2.45) is 0 Å². The van der Waals surface area contributed by atoms with Crippen LogP contribution >= 0.6 is 11.8 Å². The van der Waals surface area contributed by atoms with Crippen molar-refractivity contribution in [3.63, 3.8) is 0 Å². The van der Waals surface area contributed by atoms with E-state index in [4.69, 9.17) is 5.11 Å². The Balaban J connectivity index is 2.39. The molecule has 0 heterocycles. The third-order valence-corrected chi connectivity index (χ3v) is 3.62. The van der Waals surface area contributed by atoms with Crippen molar-refractivity contribution >= 4 is 23.6 Å². The van der Waals surface area contributed by atoms with Crippen LogP contribution in [0.4, 0.5) is 0 Å². The van der Waals surface area contributed by atoms with Crippen LogP contribution in [0.25, 0.3) is 0 Å². The molecule has 0 aliphatic carbocycles. The van der Waals surface area contributed by atoms with Crippen LogP contribution in [0.1, 0.15) is 25.5 Å². The Morgan fingerprint density at radius 1 is 1.28 bits per heavy atom. The Hall–Kier alpha value is -1.49. The van der Waals surface area contributed by atoms with Gasteiger partial charge in [-0.25, -0.2) is 0 Å². The minimum Gasteiger partial charge on any atom is -0.480 e. The van der Waals surface area contributed by atoms with E-state index in [9.17, 15) is 9.59 Å². The fourth-order valence-corrected chi connectivity index (χ4v) is 2.01. The molecule has 2 N–H and O–H groups in total. The second-order valence-corrected chi connectivity index (χ2v) is 5.32. The summed E-state index contributed by atoms with van der Waals surface area (Å²) in [7, 11) is 0. The fourth-order valence-electron chi connectivity index (χ4n) is 1.38. The summed E-state index contributed by atoms with van der Waals surface area (Å²) in [5.41, 5.74) is 1.03. The molecule has 0 bridgehead atoms. The molecule has 4 nitrogen and oxygen atoms in total. The SMILES string of the molecule is CC(SCC(=O)NC(C)c1ccccc1)C(=O)O. The standard InChI is InChI=1S/C13H17NO3S/c1-9(11-6-4-3-5-7-11)14-12(15)8-18-10(2)13(16)17/h3-7,9-10H,8H2,1-2H3,(H,14,15)(H,16,17). The smallest absolute Gasteiger partial charge is 0.316 e. The maximum absolute atomic E-state index is 11.6. The van der Waals surface area contributed by atoms with Gasteiger partial charge in [0, 0.05) is 0 Å². The van der Waals surface area contributed by atoms with Crippen LogP contribution in [-0.2, 0) is 9.59 Å². The van der Waals surface area contributed by atoms with Crippen molar-refractivity contribution in [3.05, 3.63) is 35.9 Å². The number of rotatable bonds is 6. The average molecular weight is 267 g/mol. The zero-order valence-electron chi connectivity index (χ0n) is 10.4. The van der Waals surface area contributed by atoms with Crippen molar-refractivity contribution in [3.8, 4) is 0 Å². The topological polar surface area (TPSA) is 66.4 Å². The molecule has 0 saturated heterocycles. The van der Waals surface area contributed by atoms with Gasteiger partial charge in [-0.15, -0.1) is 11.8 Å². The number of benzene rings is 1. The third-order valence-electron chi connectivity index (χ3n) is 2.49. The van der Waals surface area contributed by atoms with Gasteiger partial charge in [-0.05, 0) is 19.4 Å². The molecule has 0 fully saturated rings. The zero-order valence-corrected chi connectivity index (χ0v) is 11.2. The van der Waals surface area contributed by atoms with Gasteiger partial charge in [-0.1, -0.05) is 30.3 Å². The van der Waals surface area contributed by atoms with Gasteiger partial charge >= 0.3 is 5.97 Å². The second kappa shape index (κ2) is 7.06. The summed E-state index contributed by atoms with van der Waals surface area (Å²) in [5, 5.41) is 11.0. The Bertz CT molecular complexity index is 408. The van der Waals surface area contributed by atoms with Crippen LogP contribution in [0, 0.1) is 0 Å². The molecule has 0 aliphatic heterocycles. The number of hydrogen-bond acceptors (Lipinski definition) is 3. The number of nitrogens with one attached hydrogen (secondary N) is 1. The molecular formula is C13H17NO3S. The number of thioether (sulfide) groups is 1. The number of carboxylic acids is 1. The molecule has 5 heteroatoms. The molecule has 0 saturated carbocycles. The lowest BCUT2D eigenvalue weighted by molar-refractivity contribution is -0.136. The van der Waals surface area contributed by atoms with Crippen LogP contribution in [0.3, 0.4) is 0 Å². The highest BCUT2D eigenvalue weighted by Crippen LogP contribution is 2.13. The Morgan fingerprint density at radius 3 is 2.44 bits per heavy atom. The van der Waals surface area contributed by atoms with Gasteiger partial charge in [0.25, 0.3) is 0 Å².